The number of nitrogens with one attached hydrogen (secondary N) is 1. The van der Waals surface area contributed by atoms with Crippen LogP contribution in [0.25, 0.3) is 0 Å². The minimum Gasteiger partial charge on any atom is -0.375 e. The summed E-state index contributed by atoms with van der Waals surface area (Å²) in [5.74, 6) is -2.72. The van der Waals surface area contributed by atoms with Crippen LogP contribution in [-0.2, 0) is 4.74 Å². The first-order valence-electron chi connectivity index (χ1n) is 7.40. The standard InChI is InChI=1S/C16H22F3NO/c1-5-20-16(15-8(2)9(3)21-10(15)4)11-6-13(18)14(19)7-12(11)17/h6-10,15-16,20H,5H2,1-4H3. The largest absolute Gasteiger partial charge is 0.375 e. The molecule has 0 aliphatic carbocycles. The molecule has 1 aliphatic rings. The monoisotopic (exact) mass is 301 g/mol. The number of benzene rings is 1. The van der Waals surface area contributed by atoms with Crippen molar-refractivity contribution in [1.29, 1.82) is 0 Å². The van der Waals surface area contributed by atoms with Gasteiger partial charge in [-0.3, -0.25) is 0 Å². The molecule has 0 bridgehead atoms. The van der Waals surface area contributed by atoms with E-state index in [1.165, 1.54) is 0 Å². The number of ether oxygens (including phenoxy) is 1. The third-order valence-corrected chi connectivity index (χ3v) is 4.50. The second-order valence-electron chi connectivity index (χ2n) is 5.81. The lowest BCUT2D eigenvalue weighted by Crippen LogP contribution is -2.35. The van der Waals surface area contributed by atoms with Crippen LogP contribution in [0.5, 0.6) is 0 Å². The summed E-state index contributed by atoms with van der Waals surface area (Å²) in [6.45, 7) is 8.46. The fourth-order valence-corrected chi connectivity index (χ4v) is 3.32. The van der Waals surface area contributed by atoms with Gasteiger partial charge in [-0.05, 0) is 32.4 Å². The second-order valence-corrected chi connectivity index (χ2v) is 5.81. The van der Waals surface area contributed by atoms with Gasteiger partial charge in [0.05, 0.1) is 12.2 Å². The molecule has 5 atom stereocenters. The minimum absolute atomic E-state index is 0.000638. The summed E-state index contributed by atoms with van der Waals surface area (Å²) in [7, 11) is 0. The zero-order valence-electron chi connectivity index (χ0n) is 12.8. The summed E-state index contributed by atoms with van der Waals surface area (Å²) in [4.78, 5) is 0. The first-order valence-corrected chi connectivity index (χ1v) is 7.40. The number of hydrogen-bond donors (Lipinski definition) is 1. The highest BCUT2D eigenvalue weighted by Crippen LogP contribution is 2.41. The highest BCUT2D eigenvalue weighted by atomic mass is 19.2. The summed E-state index contributed by atoms with van der Waals surface area (Å²) >= 11 is 0. The topological polar surface area (TPSA) is 21.3 Å². The maximum Gasteiger partial charge on any atom is 0.161 e. The highest BCUT2D eigenvalue weighted by Gasteiger charge is 2.42. The summed E-state index contributed by atoms with van der Waals surface area (Å²) in [5, 5.41) is 3.20. The SMILES string of the molecule is CCNC(c1cc(F)c(F)cc1F)C1C(C)OC(C)C1C. The number of rotatable bonds is 4. The van der Waals surface area contributed by atoms with Crippen molar-refractivity contribution in [3.8, 4) is 0 Å². The predicted octanol–water partition coefficient (Wildman–Crippen LogP) is 3.81. The van der Waals surface area contributed by atoms with Crippen molar-refractivity contribution in [2.75, 3.05) is 6.54 Å². The maximum absolute atomic E-state index is 14.1. The van der Waals surface area contributed by atoms with E-state index >= 15 is 0 Å². The Bertz CT molecular complexity index is 509. The summed E-state index contributed by atoms with van der Waals surface area (Å²) in [6.07, 6.45) is -0.0222. The van der Waals surface area contributed by atoms with Gasteiger partial charge in [-0.1, -0.05) is 13.8 Å². The van der Waals surface area contributed by atoms with Gasteiger partial charge in [0.2, 0.25) is 0 Å². The second kappa shape index (κ2) is 6.36. The molecule has 2 nitrogen and oxygen atoms in total. The molecule has 5 unspecified atom stereocenters. The molecular formula is C16H22F3NO. The fourth-order valence-electron chi connectivity index (χ4n) is 3.32. The Balaban J connectivity index is 2.42. The van der Waals surface area contributed by atoms with E-state index in [9.17, 15) is 13.2 Å². The Labute approximate surface area is 123 Å². The van der Waals surface area contributed by atoms with Crippen molar-refractivity contribution in [1.82, 2.24) is 5.32 Å². The molecule has 1 saturated heterocycles. The molecule has 2 rings (SSSR count). The molecule has 0 spiro atoms. The van der Waals surface area contributed by atoms with Crippen molar-refractivity contribution < 1.29 is 17.9 Å². The average molecular weight is 301 g/mol. The number of hydrogen-bond acceptors (Lipinski definition) is 2. The maximum atomic E-state index is 14.1. The molecule has 5 heteroatoms. The third-order valence-electron chi connectivity index (χ3n) is 4.50. The Morgan fingerprint density at radius 3 is 2.19 bits per heavy atom. The lowest BCUT2D eigenvalue weighted by molar-refractivity contribution is 0.0474. The van der Waals surface area contributed by atoms with Crippen LogP contribution in [0.2, 0.25) is 0 Å². The molecule has 0 saturated carbocycles. The fraction of sp³-hybridized carbons (Fsp3) is 0.625. The van der Waals surface area contributed by atoms with E-state index in [1.54, 1.807) is 0 Å². The molecule has 1 aliphatic heterocycles. The van der Waals surface area contributed by atoms with Crippen LogP contribution in [0.4, 0.5) is 13.2 Å². The third kappa shape index (κ3) is 3.09. The van der Waals surface area contributed by atoms with E-state index in [0.29, 0.717) is 12.6 Å². The van der Waals surface area contributed by atoms with Crippen molar-refractivity contribution in [2.45, 2.75) is 45.9 Å². The van der Waals surface area contributed by atoms with Gasteiger partial charge in [0.1, 0.15) is 5.82 Å². The van der Waals surface area contributed by atoms with E-state index < -0.39 is 23.5 Å². The van der Waals surface area contributed by atoms with Gasteiger partial charge in [-0.15, -0.1) is 0 Å². The zero-order chi connectivity index (χ0) is 15.7. The molecule has 21 heavy (non-hydrogen) atoms. The van der Waals surface area contributed by atoms with Gasteiger partial charge in [0.25, 0.3) is 0 Å². The van der Waals surface area contributed by atoms with E-state index in [4.69, 9.17) is 4.74 Å². The molecule has 1 N–H and O–H groups in total. The summed E-state index contributed by atoms with van der Waals surface area (Å²) in [6, 6.07) is 1.17. The predicted molar refractivity (Wildman–Crippen MR) is 75.4 cm³/mol. The van der Waals surface area contributed by atoms with Gasteiger partial charge in [-0.25, -0.2) is 13.2 Å². The molecule has 1 aromatic carbocycles. The average Bonchev–Trinajstić information content (AvgIpc) is 2.66. The van der Waals surface area contributed by atoms with E-state index in [-0.39, 0.29) is 29.6 Å². The lowest BCUT2D eigenvalue weighted by Gasteiger charge is -2.30. The summed E-state index contributed by atoms with van der Waals surface area (Å²) in [5.41, 5.74) is 0.164. The van der Waals surface area contributed by atoms with Crippen molar-refractivity contribution in [2.24, 2.45) is 11.8 Å². The molecule has 1 aromatic rings. The summed E-state index contributed by atoms with van der Waals surface area (Å²) < 4.78 is 46.6. The molecule has 1 fully saturated rings. The first kappa shape index (κ1) is 16.3. The van der Waals surface area contributed by atoms with E-state index in [2.05, 4.69) is 5.32 Å². The van der Waals surface area contributed by atoms with E-state index in [1.807, 2.05) is 27.7 Å². The van der Waals surface area contributed by atoms with Crippen LogP contribution in [-0.4, -0.2) is 18.8 Å². The van der Waals surface area contributed by atoms with Gasteiger partial charge in [0, 0.05) is 23.6 Å². The van der Waals surface area contributed by atoms with Crippen LogP contribution >= 0.6 is 0 Å². The van der Waals surface area contributed by atoms with Crippen molar-refractivity contribution in [3.63, 3.8) is 0 Å². The first-order chi connectivity index (χ1) is 9.86. The Hall–Kier alpha value is -1.07. The van der Waals surface area contributed by atoms with Crippen LogP contribution in [0.1, 0.15) is 39.3 Å². The van der Waals surface area contributed by atoms with E-state index in [0.717, 1.165) is 6.07 Å². The Morgan fingerprint density at radius 1 is 1.05 bits per heavy atom. The van der Waals surface area contributed by atoms with Gasteiger partial charge >= 0.3 is 0 Å². The minimum atomic E-state index is -1.16. The van der Waals surface area contributed by atoms with Crippen molar-refractivity contribution in [3.05, 3.63) is 35.1 Å². The van der Waals surface area contributed by atoms with Crippen LogP contribution in [0, 0.1) is 29.3 Å². The molecule has 1 heterocycles. The normalized spacial score (nSPS) is 30.6. The van der Waals surface area contributed by atoms with Crippen molar-refractivity contribution >= 4 is 0 Å². The smallest absolute Gasteiger partial charge is 0.161 e. The van der Waals surface area contributed by atoms with Crippen LogP contribution in [0.3, 0.4) is 0 Å². The van der Waals surface area contributed by atoms with Crippen LogP contribution in [0.15, 0.2) is 12.1 Å². The Morgan fingerprint density at radius 2 is 1.67 bits per heavy atom. The lowest BCUT2D eigenvalue weighted by atomic mass is 9.80. The molecular weight excluding hydrogens is 279 g/mol. The highest BCUT2D eigenvalue weighted by molar-refractivity contribution is 5.25. The zero-order valence-corrected chi connectivity index (χ0v) is 12.8. The van der Waals surface area contributed by atoms with Gasteiger partial charge in [-0.2, -0.15) is 0 Å². The quantitative estimate of drug-likeness (QED) is 0.854. The molecule has 0 radical (unpaired) electrons. The van der Waals surface area contributed by atoms with Crippen LogP contribution < -0.4 is 5.32 Å². The number of halogens is 3. The van der Waals surface area contributed by atoms with Gasteiger partial charge in [0.15, 0.2) is 11.6 Å². The molecule has 0 aromatic heterocycles. The van der Waals surface area contributed by atoms with Gasteiger partial charge < -0.3 is 10.1 Å². The Kier molecular flexibility index (Phi) is 4.94. The molecule has 0 amide bonds. The molecule has 118 valence electrons.